The molecule has 0 N–H and O–H groups in total. The molecule has 0 amide bonds. The Morgan fingerprint density at radius 2 is 2.00 bits per heavy atom. The molecule has 0 aromatic heterocycles. The molecule has 0 bridgehead atoms. The maximum atomic E-state index is 11.5. The van der Waals surface area contributed by atoms with Crippen molar-refractivity contribution in [3.63, 3.8) is 0 Å². The Bertz CT molecular complexity index is 174. The highest BCUT2D eigenvalue weighted by Crippen LogP contribution is 2.19. The summed E-state index contributed by atoms with van der Waals surface area (Å²) in [7, 11) is 4.00. The smallest absolute Gasteiger partial charge is 0.134 e. The van der Waals surface area contributed by atoms with E-state index in [2.05, 4.69) is 4.90 Å². The average molecular weight is 199 g/mol. The van der Waals surface area contributed by atoms with Crippen molar-refractivity contribution in [1.82, 2.24) is 4.90 Å². The number of Topliss-reactive ketones (excluding diaryl/α,β-unsaturated/α-hetero) is 1. The summed E-state index contributed by atoms with van der Waals surface area (Å²) in [5.74, 6) is 0.990. The van der Waals surface area contributed by atoms with Gasteiger partial charge in [-0.2, -0.15) is 0 Å². The standard InChI is InChI=1S/C11H21NO2/c1-12(2)6-3-11(13)9-10-4-7-14-8-5-10/h10H,3-9H2,1-2H3. The molecule has 0 saturated carbocycles. The number of hydrogen-bond donors (Lipinski definition) is 0. The fraction of sp³-hybridized carbons (Fsp3) is 0.909. The van der Waals surface area contributed by atoms with Gasteiger partial charge in [0.1, 0.15) is 5.78 Å². The Labute approximate surface area is 86.4 Å². The third-order valence-corrected chi connectivity index (χ3v) is 2.70. The SMILES string of the molecule is CN(C)CCC(=O)CC1CCOCC1. The van der Waals surface area contributed by atoms with Crippen molar-refractivity contribution in [2.45, 2.75) is 25.7 Å². The Balaban J connectivity index is 2.12. The Morgan fingerprint density at radius 3 is 2.57 bits per heavy atom. The van der Waals surface area contributed by atoms with Crippen LogP contribution in [-0.4, -0.2) is 44.5 Å². The molecule has 1 saturated heterocycles. The van der Waals surface area contributed by atoms with Crippen molar-refractivity contribution < 1.29 is 9.53 Å². The lowest BCUT2D eigenvalue weighted by molar-refractivity contribution is -0.120. The molecule has 1 aliphatic rings. The fourth-order valence-corrected chi connectivity index (χ4v) is 1.72. The predicted octanol–water partition coefficient (Wildman–Crippen LogP) is 1.32. The number of hydrogen-bond acceptors (Lipinski definition) is 3. The molecule has 0 aromatic rings. The van der Waals surface area contributed by atoms with Gasteiger partial charge in [0.15, 0.2) is 0 Å². The van der Waals surface area contributed by atoms with Crippen LogP contribution < -0.4 is 0 Å². The lowest BCUT2D eigenvalue weighted by Crippen LogP contribution is -2.21. The van der Waals surface area contributed by atoms with E-state index in [9.17, 15) is 4.79 Å². The molecule has 0 radical (unpaired) electrons. The molecule has 3 nitrogen and oxygen atoms in total. The first-order chi connectivity index (χ1) is 6.68. The monoisotopic (exact) mass is 199 g/mol. The highest BCUT2D eigenvalue weighted by atomic mass is 16.5. The van der Waals surface area contributed by atoms with Crippen molar-refractivity contribution in [3.8, 4) is 0 Å². The lowest BCUT2D eigenvalue weighted by Gasteiger charge is -2.21. The van der Waals surface area contributed by atoms with E-state index in [4.69, 9.17) is 4.74 Å². The van der Waals surface area contributed by atoms with Crippen LogP contribution in [0.4, 0.5) is 0 Å². The van der Waals surface area contributed by atoms with Crippen LogP contribution in [0.15, 0.2) is 0 Å². The molecular weight excluding hydrogens is 178 g/mol. The maximum Gasteiger partial charge on any atom is 0.134 e. The van der Waals surface area contributed by atoms with Crippen LogP contribution >= 0.6 is 0 Å². The van der Waals surface area contributed by atoms with E-state index < -0.39 is 0 Å². The van der Waals surface area contributed by atoms with Gasteiger partial charge in [0.05, 0.1) is 0 Å². The van der Waals surface area contributed by atoms with Gasteiger partial charge >= 0.3 is 0 Å². The first-order valence-corrected chi connectivity index (χ1v) is 5.42. The van der Waals surface area contributed by atoms with E-state index in [1.807, 2.05) is 14.1 Å². The minimum atomic E-state index is 0.408. The zero-order chi connectivity index (χ0) is 10.4. The lowest BCUT2D eigenvalue weighted by atomic mass is 9.93. The second-order valence-corrected chi connectivity index (χ2v) is 4.35. The summed E-state index contributed by atoms with van der Waals surface area (Å²) in [6.45, 7) is 2.55. The Kier molecular flexibility index (Phi) is 5.12. The van der Waals surface area contributed by atoms with Crippen LogP contribution in [0.25, 0.3) is 0 Å². The minimum Gasteiger partial charge on any atom is -0.381 e. The normalized spacial score (nSPS) is 18.8. The van der Waals surface area contributed by atoms with Crippen LogP contribution in [0.3, 0.4) is 0 Å². The van der Waals surface area contributed by atoms with Crippen molar-refractivity contribution in [1.29, 1.82) is 0 Å². The second kappa shape index (κ2) is 6.14. The van der Waals surface area contributed by atoms with Gasteiger partial charge in [-0.3, -0.25) is 4.79 Å². The quantitative estimate of drug-likeness (QED) is 0.669. The molecular formula is C11H21NO2. The number of ketones is 1. The molecule has 1 aliphatic heterocycles. The summed E-state index contributed by atoms with van der Waals surface area (Å²) in [5, 5.41) is 0. The van der Waals surface area contributed by atoms with Gasteiger partial charge in [-0.05, 0) is 32.9 Å². The zero-order valence-electron chi connectivity index (χ0n) is 9.29. The summed E-state index contributed by atoms with van der Waals surface area (Å²) in [6.07, 6.45) is 3.59. The molecule has 14 heavy (non-hydrogen) atoms. The van der Waals surface area contributed by atoms with Gasteiger partial charge in [-0.25, -0.2) is 0 Å². The van der Waals surface area contributed by atoms with Gasteiger partial charge < -0.3 is 9.64 Å². The van der Waals surface area contributed by atoms with Crippen molar-refractivity contribution >= 4 is 5.78 Å². The summed E-state index contributed by atoms with van der Waals surface area (Å²) < 4.78 is 5.26. The molecule has 1 heterocycles. The number of rotatable bonds is 5. The number of nitrogens with zero attached hydrogens (tertiary/aromatic N) is 1. The number of carbonyl (C=O) groups is 1. The zero-order valence-corrected chi connectivity index (χ0v) is 9.29. The van der Waals surface area contributed by atoms with Gasteiger partial charge in [0, 0.05) is 32.6 Å². The van der Waals surface area contributed by atoms with Gasteiger partial charge in [0.25, 0.3) is 0 Å². The van der Waals surface area contributed by atoms with Gasteiger partial charge in [-0.15, -0.1) is 0 Å². The maximum absolute atomic E-state index is 11.5. The van der Waals surface area contributed by atoms with E-state index in [1.165, 1.54) is 0 Å². The second-order valence-electron chi connectivity index (χ2n) is 4.35. The summed E-state index contributed by atoms with van der Waals surface area (Å²) in [6, 6.07) is 0. The average Bonchev–Trinajstić information content (AvgIpc) is 2.16. The first kappa shape index (κ1) is 11.7. The molecule has 0 atom stereocenters. The Hall–Kier alpha value is -0.410. The highest BCUT2D eigenvalue weighted by molar-refractivity contribution is 5.78. The van der Waals surface area contributed by atoms with E-state index in [0.717, 1.165) is 39.0 Å². The summed E-state index contributed by atoms with van der Waals surface area (Å²) in [4.78, 5) is 13.6. The third-order valence-electron chi connectivity index (χ3n) is 2.70. The molecule has 82 valence electrons. The topological polar surface area (TPSA) is 29.5 Å². The van der Waals surface area contributed by atoms with E-state index in [0.29, 0.717) is 18.1 Å². The molecule has 0 aromatic carbocycles. The summed E-state index contributed by atoms with van der Waals surface area (Å²) >= 11 is 0. The van der Waals surface area contributed by atoms with Crippen LogP contribution in [0.5, 0.6) is 0 Å². The Morgan fingerprint density at radius 1 is 1.36 bits per heavy atom. The van der Waals surface area contributed by atoms with Gasteiger partial charge in [0.2, 0.25) is 0 Å². The molecule has 1 rings (SSSR count). The van der Waals surface area contributed by atoms with Crippen molar-refractivity contribution in [2.24, 2.45) is 5.92 Å². The largest absolute Gasteiger partial charge is 0.381 e. The minimum absolute atomic E-state index is 0.408. The predicted molar refractivity (Wildman–Crippen MR) is 56.3 cm³/mol. The van der Waals surface area contributed by atoms with Gasteiger partial charge in [-0.1, -0.05) is 0 Å². The van der Waals surface area contributed by atoms with E-state index in [-0.39, 0.29) is 0 Å². The summed E-state index contributed by atoms with van der Waals surface area (Å²) in [5.41, 5.74) is 0. The molecule has 0 unspecified atom stereocenters. The number of carbonyl (C=O) groups excluding carboxylic acids is 1. The fourth-order valence-electron chi connectivity index (χ4n) is 1.72. The molecule has 1 fully saturated rings. The highest BCUT2D eigenvalue weighted by Gasteiger charge is 2.16. The molecule has 3 heteroatoms. The number of ether oxygens (including phenoxy) is 1. The van der Waals surface area contributed by atoms with Crippen molar-refractivity contribution in [3.05, 3.63) is 0 Å². The van der Waals surface area contributed by atoms with E-state index >= 15 is 0 Å². The molecule has 0 aliphatic carbocycles. The van der Waals surface area contributed by atoms with Crippen LogP contribution in [0.2, 0.25) is 0 Å². The van der Waals surface area contributed by atoms with Crippen LogP contribution in [0.1, 0.15) is 25.7 Å². The molecule has 0 spiro atoms. The van der Waals surface area contributed by atoms with Crippen LogP contribution in [0, 0.1) is 5.92 Å². The van der Waals surface area contributed by atoms with Crippen molar-refractivity contribution in [2.75, 3.05) is 33.9 Å². The third kappa shape index (κ3) is 4.72. The van der Waals surface area contributed by atoms with E-state index in [1.54, 1.807) is 0 Å². The van der Waals surface area contributed by atoms with Crippen LogP contribution in [-0.2, 0) is 9.53 Å². The first-order valence-electron chi connectivity index (χ1n) is 5.42.